The van der Waals surface area contributed by atoms with Gasteiger partial charge in [0, 0.05) is 18.1 Å². The largest absolute Gasteiger partial charge is 0.480 e. The number of carbonyl (C=O) groups is 1. The Balaban J connectivity index is 1.91. The van der Waals surface area contributed by atoms with Gasteiger partial charge in [-0.15, -0.1) is 0 Å². The van der Waals surface area contributed by atoms with Crippen molar-refractivity contribution in [2.24, 2.45) is 5.41 Å². The third-order valence-corrected chi connectivity index (χ3v) is 4.26. The molecule has 2 rings (SSSR count). The number of aliphatic carboxylic acids is 1. The summed E-state index contributed by atoms with van der Waals surface area (Å²) in [4.78, 5) is 10.8. The van der Waals surface area contributed by atoms with Gasteiger partial charge >= 0.3 is 5.97 Å². The van der Waals surface area contributed by atoms with E-state index < -0.39 is 12.0 Å². The Morgan fingerprint density at radius 2 is 2.31 bits per heavy atom. The summed E-state index contributed by atoms with van der Waals surface area (Å²) in [5.74, 6) is -0.769. The van der Waals surface area contributed by atoms with E-state index in [4.69, 9.17) is 9.84 Å². The lowest BCUT2D eigenvalue weighted by molar-refractivity contribution is -0.176. The summed E-state index contributed by atoms with van der Waals surface area (Å²) in [7, 11) is 0. The van der Waals surface area contributed by atoms with Crippen molar-refractivity contribution >= 4 is 5.97 Å². The smallest absolute Gasteiger partial charge is 0.320 e. The highest BCUT2D eigenvalue weighted by atomic mass is 16.5. The van der Waals surface area contributed by atoms with Crippen molar-refractivity contribution in [2.45, 2.75) is 57.7 Å². The third-order valence-electron chi connectivity index (χ3n) is 4.26. The van der Waals surface area contributed by atoms with Crippen molar-refractivity contribution in [1.82, 2.24) is 5.32 Å². The molecule has 2 fully saturated rings. The lowest BCUT2D eigenvalue weighted by atomic mass is 9.51. The fourth-order valence-corrected chi connectivity index (χ4v) is 3.05. The molecule has 0 aromatic heterocycles. The first-order valence-corrected chi connectivity index (χ1v) is 6.20. The summed E-state index contributed by atoms with van der Waals surface area (Å²) in [5.41, 5.74) is 0.250. The van der Waals surface area contributed by atoms with Crippen LogP contribution >= 0.6 is 0 Å². The maximum Gasteiger partial charge on any atom is 0.320 e. The maximum absolute atomic E-state index is 10.8. The van der Waals surface area contributed by atoms with Gasteiger partial charge in [0.25, 0.3) is 0 Å². The fourth-order valence-electron chi connectivity index (χ4n) is 3.05. The normalized spacial score (nSPS) is 32.9. The van der Waals surface area contributed by atoms with Crippen molar-refractivity contribution < 1.29 is 14.6 Å². The zero-order valence-electron chi connectivity index (χ0n) is 10.0. The third kappa shape index (κ3) is 1.74. The molecule has 4 heteroatoms. The summed E-state index contributed by atoms with van der Waals surface area (Å²) in [6, 6.07) is -0.117. The maximum atomic E-state index is 10.8. The van der Waals surface area contributed by atoms with E-state index in [0.29, 0.717) is 12.1 Å². The molecule has 16 heavy (non-hydrogen) atoms. The van der Waals surface area contributed by atoms with E-state index in [1.54, 1.807) is 6.92 Å². The number of ether oxygens (including phenoxy) is 1. The summed E-state index contributed by atoms with van der Waals surface area (Å²) < 4.78 is 5.72. The standard InChI is InChI=1S/C12H21NO3/c1-3-16-10-7-9(12(10)5-4-6-12)13-8(2)11(14)15/h8-10,13H,3-7H2,1-2H3,(H,14,15)/t8-,9?,10?/m1/s1. The zero-order chi connectivity index (χ0) is 11.8. The average Bonchev–Trinajstić information content (AvgIpc) is 2.12. The second kappa shape index (κ2) is 4.34. The first-order valence-electron chi connectivity index (χ1n) is 6.20. The molecule has 2 saturated carbocycles. The van der Waals surface area contributed by atoms with Gasteiger partial charge in [0.2, 0.25) is 0 Å². The summed E-state index contributed by atoms with van der Waals surface area (Å²) in [6.07, 6.45) is 4.93. The minimum absolute atomic E-state index is 0.250. The highest BCUT2D eigenvalue weighted by Gasteiger charge is 2.59. The topological polar surface area (TPSA) is 58.6 Å². The van der Waals surface area contributed by atoms with E-state index >= 15 is 0 Å². The molecular formula is C12H21NO3. The van der Waals surface area contributed by atoms with Crippen LogP contribution in [-0.4, -0.2) is 35.9 Å². The van der Waals surface area contributed by atoms with Crippen LogP contribution in [0.4, 0.5) is 0 Å². The number of carboxylic acids is 1. The first-order chi connectivity index (χ1) is 7.60. The van der Waals surface area contributed by atoms with Crippen molar-refractivity contribution in [1.29, 1.82) is 0 Å². The molecule has 4 nitrogen and oxygen atoms in total. The molecule has 2 N–H and O–H groups in total. The Bertz CT molecular complexity index is 275. The van der Waals surface area contributed by atoms with Gasteiger partial charge in [-0.05, 0) is 33.1 Å². The van der Waals surface area contributed by atoms with Crippen LogP contribution in [0, 0.1) is 5.41 Å². The summed E-state index contributed by atoms with van der Waals surface area (Å²) >= 11 is 0. The molecule has 0 saturated heterocycles. The molecule has 0 aliphatic heterocycles. The molecular weight excluding hydrogens is 206 g/mol. The van der Waals surface area contributed by atoms with Crippen molar-refractivity contribution in [3.8, 4) is 0 Å². The van der Waals surface area contributed by atoms with E-state index in [1.165, 1.54) is 19.3 Å². The van der Waals surface area contributed by atoms with Crippen molar-refractivity contribution in [3.63, 3.8) is 0 Å². The Morgan fingerprint density at radius 3 is 2.75 bits per heavy atom. The van der Waals surface area contributed by atoms with Gasteiger partial charge in [-0.2, -0.15) is 0 Å². The molecule has 2 unspecified atom stereocenters. The molecule has 1 spiro atoms. The molecule has 2 aliphatic rings. The summed E-state index contributed by atoms with van der Waals surface area (Å²) in [5, 5.41) is 12.1. The van der Waals surface area contributed by atoms with Gasteiger partial charge in [-0.1, -0.05) is 6.42 Å². The van der Waals surface area contributed by atoms with E-state index in [1.807, 2.05) is 6.92 Å². The monoisotopic (exact) mass is 227 g/mol. The van der Waals surface area contributed by atoms with Crippen LogP contribution in [-0.2, 0) is 9.53 Å². The van der Waals surface area contributed by atoms with E-state index in [0.717, 1.165) is 13.0 Å². The molecule has 0 heterocycles. The predicted octanol–water partition coefficient (Wildman–Crippen LogP) is 1.40. The van der Waals surface area contributed by atoms with Crippen LogP contribution in [0.3, 0.4) is 0 Å². The molecule has 2 aliphatic carbocycles. The molecule has 0 aromatic rings. The lowest BCUT2D eigenvalue weighted by Gasteiger charge is -2.61. The molecule has 0 bridgehead atoms. The van der Waals surface area contributed by atoms with Gasteiger partial charge in [-0.25, -0.2) is 0 Å². The number of nitrogens with one attached hydrogen (secondary N) is 1. The highest BCUT2D eigenvalue weighted by molar-refractivity contribution is 5.72. The molecule has 0 aromatic carbocycles. The van der Waals surface area contributed by atoms with Gasteiger partial charge < -0.3 is 15.2 Å². The van der Waals surface area contributed by atoms with Crippen LogP contribution in [0.5, 0.6) is 0 Å². The first kappa shape index (κ1) is 11.9. The quantitative estimate of drug-likeness (QED) is 0.745. The number of carboxylic acid groups (broad SMARTS) is 1. The van der Waals surface area contributed by atoms with Crippen LogP contribution in [0.2, 0.25) is 0 Å². The molecule has 0 radical (unpaired) electrons. The lowest BCUT2D eigenvalue weighted by Crippen LogP contribution is -2.68. The minimum Gasteiger partial charge on any atom is -0.480 e. The van der Waals surface area contributed by atoms with E-state index in [9.17, 15) is 4.79 Å². The van der Waals surface area contributed by atoms with Crippen LogP contribution < -0.4 is 5.32 Å². The van der Waals surface area contributed by atoms with Crippen LogP contribution in [0.1, 0.15) is 39.5 Å². The highest BCUT2D eigenvalue weighted by Crippen LogP contribution is 2.57. The Kier molecular flexibility index (Phi) is 3.22. The van der Waals surface area contributed by atoms with Gasteiger partial charge in [0.15, 0.2) is 0 Å². The minimum atomic E-state index is -0.769. The average molecular weight is 227 g/mol. The van der Waals surface area contributed by atoms with Gasteiger partial charge in [0.05, 0.1) is 6.10 Å². The molecule has 92 valence electrons. The number of hydrogen-bond acceptors (Lipinski definition) is 3. The van der Waals surface area contributed by atoms with Gasteiger partial charge in [-0.3, -0.25) is 4.79 Å². The number of hydrogen-bond donors (Lipinski definition) is 2. The Morgan fingerprint density at radius 1 is 1.62 bits per heavy atom. The fraction of sp³-hybridized carbons (Fsp3) is 0.917. The van der Waals surface area contributed by atoms with Crippen molar-refractivity contribution in [2.75, 3.05) is 6.61 Å². The zero-order valence-corrected chi connectivity index (χ0v) is 10.0. The van der Waals surface area contributed by atoms with E-state index in [-0.39, 0.29) is 5.41 Å². The molecule has 0 amide bonds. The second-order valence-corrected chi connectivity index (χ2v) is 5.05. The Labute approximate surface area is 96.4 Å². The van der Waals surface area contributed by atoms with Gasteiger partial charge in [0.1, 0.15) is 6.04 Å². The van der Waals surface area contributed by atoms with E-state index in [2.05, 4.69) is 5.32 Å². The summed E-state index contributed by atoms with van der Waals surface area (Å²) in [6.45, 7) is 4.49. The predicted molar refractivity (Wildman–Crippen MR) is 60.3 cm³/mol. The van der Waals surface area contributed by atoms with Crippen LogP contribution in [0.25, 0.3) is 0 Å². The SMILES string of the molecule is CCOC1CC(N[C@H](C)C(=O)O)C12CCC2. The molecule has 3 atom stereocenters. The van der Waals surface area contributed by atoms with Crippen LogP contribution in [0.15, 0.2) is 0 Å². The Hall–Kier alpha value is -0.610. The number of rotatable bonds is 5. The second-order valence-electron chi connectivity index (χ2n) is 5.05. The van der Waals surface area contributed by atoms with Crippen molar-refractivity contribution in [3.05, 3.63) is 0 Å².